The van der Waals surface area contributed by atoms with Gasteiger partial charge in [0.25, 0.3) is 0 Å². The fourth-order valence-electron chi connectivity index (χ4n) is 3.91. The van der Waals surface area contributed by atoms with Gasteiger partial charge >= 0.3 is 0 Å². The van der Waals surface area contributed by atoms with Crippen LogP contribution in [-0.2, 0) is 17.8 Å². The number of nitrogens with one attached hydrogen (secondary N) is 2. The Bertz CT molecular complexity index is 582. The number of ether oxygens (including phenoxy) is 1. The molecule has 5 nitrogen and oxygen atoms in total. The molecule has 28 heavy (non-hydrogen) atoms. The Hall–Kier alpha value is -0.860. The van der Waals surface area contributed by atoms with Crippen LogP contribution in [0.3, 0.4) is 0 Å². The highest BCUT2D eigenvalue weighted by molar-refractivity contribution is 14.0. The summed E-state index contributed by atoms with van der Waals surface area (Å²) < 4.78 is 5.69. The molecule has 0 radical (unpaired) electrons. The van der Waals surface area contributed by atoms with Crippen LogP contribution in [0.5, 0.6) is 0 Å². The zero-order valence-corrected chi connectivity index (χ0v) is 19.6. The molecule has 158 valence electrons. The molecule has 3 rings (SSSR count). The second kappa shape index (κ2) is 13.4. The Labute approximate surface area is 187 Å². The van der Waals surface area contributed by atoms with Crippen molar-refractivity contribution >= 4 is 29.9 Å². The number of halogens is 1. The van der Waals surface area contributed by atoms with Gasteiger partial charge in [0.05, 0.1) is 12.6 Å². The molecule has 0 aromatic heterocycles. The van der Waals surface area contributed by atoms with Crippen LogP contribution in [-0.4, -0.2) is 49.7 Å². The summed E-state index contributed by atoms with van der Waals surface area (Å²) in [6.07, 6.45) is 8.09. The van der Waals surface area contributed by atoms with E-state index >= 15 is 0 Å². The summed E-state index contributed by atoms with van der Waals surface area (Å²) in [5, 5.41) is 6.76. The number of rotatable bonds is 7. The Balaban J connectivity index is 0.00000280. The standard InChI is InChI=1S/C22H36N4O.HI/c1-2-23-22(25-17-21-11-8-14-27-21)24-16-19-9-7-10-20(15-19)18-26-12-5-3-4-6-13-26;/h7,9-10,15,21H,2-6,8,11-14,16-18H2,1H3,(H2,23,24,25);1H. The molecule has 6 heteroatoms. The molecule has 2 N–H and O–H groups in total. The van der Waals surface area contributed by atoms with Crippen molar-refractivity contribution in [3.05, 3.63) is 35.4 Å². The lowest BCUT2D eigenvalue weighted by atomic mass is 10.1. The van der Waals surface area contributed by atoms with Gasteiger partial charge in [0, 0.05) is 26.2 Å². The van der Waals surface area contributed by atoms with Crippen LogP contribution < -0.4 is 10.6 Å². The van der Waals surface area contributed by atoms with Crippen molar-refractivity contribution in [3.63, 3.8) is 0 Å². The first-order valence-corrected chi connectivity index (χ1v) is 10.8. The van der Waals surface area contributed by atoms with Crippen LogP contribution in [0.4, 0.5) is 0 Å². The first-order chi connectivity index (χ1) is 13.3. The van der Waals surface area contributed by atoms with E-state index in [0.29, 0.717) is 12.6 Å². The molecule has 1 aromatic rings. The highest BCUT2D eigenvalue weighted by Crippen LogP contribution is 2.15. The van der Waals surface area contributed by atoms with Crippen molar-refractivity contribution < 1.29 is 4.74 Å². The summed E-state index contributed by atoms with van der Waals surface area (Å²) in [5.41, 5.74) is 2.68. The van der Waals surface area contributed by atoms with Crippen LogP contribution in [0.1, 0.15) is 56.6 Å². The maximum Gasteiger partial charge on any atom is 0.191 e. The van der Waals surface area contributed by atoms with E-state index in [1.807, 2.05) is 0 Å². The van der Waals surface area contributed by atoms with Gasteiger partial charge in [0.2, 0.25) is 0 Å². The number of nitrogens with zero attached hydrogens (tertiary/aromatic N) is 2. The third-order valence-corrected chi connectivity index (χ3v) is 5.38. The summed E-state index contributed by atoms with van der Waals surface area (Å²) in [5.74, 6) is 0.880. The lowest BCUT2D eigenvalue weighted by Crippen LogP contribution is -2.41. The maximum atomic E-state index is 5.69. The monoisotopic (exact) mass is 500 g/mol. The minimum Gasteiger partial charge on any atom is -0.376 e. The van der Waals surface area contributed by atoms with Crippen molar-refractivity contribution in [2.45, 2.75) is 64.6 Å². The van der Waals surface area contributed by atoms with E-state index in [1.165, 1.54) is 56.3 Å². The minimum atomic E-state index is 0. The summed E-state index contributed by atoms with van der Waals surface area (Å²) in [7, 11) is 0. The Morgan fingerprint density at radius 1 is 1.11 bits per heavy atom. The van der Waals surface area contributed by atoms with Gasteiger partial charge in [-0.2, -0.15) is 0 Å². The topological polar surface area (TPSA) is 48.9 Å². The van der Waals surface area contributed by atoms with Crippen molar-refractivity contribution in [2.24, 2.45) is 4.99 Å². The zero-order chi connectivity index (χ0) is 18.7. The quantitative estimate of drug-likeness (QED) is 0.339. The summed E-state index contributed by atoms with van der Waals surface area (Å²) in [4.78, 5) is 7.37. The Kier molecular flexibility index (Phi) is 11.2. The number of hydrogen-bond acceptors (Lipinski definition) is 3. The molecule has 2 aliphatic heterocycles. The molecule has 2 fully saturated rings. The van der Waals surface area contributed by atoms with E-state index < -0.39 is 0 Å². The van der Waals surface area contributed by atoms with Crippen LogP contribution in [0.15, 0.2) is 29.3 Å². The number of guanidine groups is 1. The number of hydrogen-bond donors (Lipinski definition) is 2. The van der Waals surface area contributed by atoms with Gasteiger partial charge in [-0.25, -0.2) is 4.99 Å². The molecule has 0 amide bonds. The molecule has 1 aromatic carbocycles. The van der Waals surface area contributed by atoms with Crippen molar-refractivity contribution in [2.75, 3.05) is 32.8 Å². The average molecular weight is 500 g/mol. The van der Waals surface area contributed by atoms with Gasteiger partial charge in [-0.15, -0.1) is 24.0 Å². The van der Waals surface area contributed by atoms with Crippen LogP contribution in [0.25, 0.3) is 0 Å². The highest BCUT2D eigenvalue weighted by Gasteiger charge is 2.15. The van der Waals surface area contributed by atoms with E-state index in [0.717, 1.165) is 38.6 Å². The molecular weight excluding hydrogens is 463 g/mol. The molecule has 0 spiro atoms. The Morgan fingerprint density at radius 3 is 2.61 bits per heavy atom. The fourth-order valence-corrected chi connectivity index (χ4v) is 3.91. The number of aliphatic imine (C=N–C) groups is 1. The van der Waals surface area contributed by atoms with Gasteiger partial charge in [-0.1, -0.05) is 37.1 Å². The summed E-state index contributed by atoms with van der Waals surface area (Å²) >= 11 is 0. The van der Waals surface area contributed by atoms with Crippen molar-refractivity contribution in [3.8, 4) is 0 Å². The molecule has 0 bridgehead atoms. The van der Waals surface area contributed by atoms with Gasteiger partial charge < -0.3 is 15.4 Å². The summed E-state index contributed by atoms with van der Waals surface area (Å²) in [6, 6.07) is 8.92. The fraction of sp³-hybridized carbons (Fsp3) is 0.682. The third-order valence-electron chi connectivity index (χ3n) is 5.38. The van der Waals surface area contributed by atoms with E-state index in [2.05, 4.69) is 46.7 Å². The van der Waals surface area contributed by atoms with Crippen molar-refractivity contribution in [1.82, 2.24) is 15.5 Å². The van der Waals surface area contributed by atoms with E-state index in [-0.39, 0.29) is 24.0 Å². The minimum absolute atomic E-state index is 0. The molecule has 2 saturated heterocycles. The molecular formula is C22H37IN4O. The second-order valence-electron chi connectivity index (χ2n) is 7.72. The van der Waals surface area contributed by atoms with E-state index in [9.17, 15) is 0 Å². The van der Waals surface area contributed by atoms with Crippen LogP contribution >= 0.6 is 24.0 Å². The predicted molar refractivity (Wildman–Crippen MR) is 127 cm³/mol. The van der Waals surface area contributed by atoms with Gasteiger partial charge in [0.1, 0.15) is 0 Å². The SMILES string of the molecule is CCNC(=NCc1cccc(CN2CCCCCC2)c1)NCC1CCCO1.I. The largest absolute Gasteiger partial charge is 0.376 e. The molecule has 0 saturated carbocycles. The predicted octanol–water partition coefficient (Wildman–Crippen LogP) is 3.91. The second-order valence-corrected chi connectivity index (χ2v) is 7.72. The lowest BCUT2D eigenvalue weighted by molar-refractivity contribution is 0.114. The lowest BCUT2D eigenvalue weighted by Gasteiger charge is -2.20. The van der Waals surface area contributed by atoms with Gasteiger partial charge in [-0.3, -0.25) is 4.90 Å². The first-order valence-electron chi connectivity index (χ1n) is 10.8. The molecule has 0 aliphatic carbocycles. The van der Waals surface area contributed by atoms with E-state index in [1.54, 1.807) is 0 Å². The maximum absolute atomic E-state index is 5.69. The van der Waals surface area contributed by atoms with Gasteiger partial charge in [0.15, 0.2) is 5.96 Å². The van der Waals surface area contributed by atoms with Crippen LogP contribution in [0.2, 0.25) is 0 Å². The Morgan fingerprint density at radius 2 is 1.89 bits per heavy atom. The normalized spacial score (nSPS) is 21.0. The zero-order valence-electron chi connectivity index (χ0n) is 17.3. The molecule has 2 aliphatic rings. The first kappa shape index (κ1) is 23.4. The van der Waals surface area contributed by atoms with Crippen molar-refractivity contribution in [1.29, 1.82) is 0 Å². The number of likely N-dealkylation sites (tertiary alicyclic amines) is 1. The molecule has 1 unspecified atom stereocenters. The van der Waals surface area contributed by atoms with E-state index in [4.69, 9.17) is 9.73 Å². The summed E-state index contributed by atoms with van der Waals surface area (Å²) in [6.45, 7) is 8.94. The van der Waals surface area contributed by atoms with Gasteiger partial charge in [-0.05, 0) is 56.8 Å². The molecule has 2 heterocycles. The third kappa shape index (κ3) is 8.25. The smallest absolute Gasteiger partial charge is 0.191 e. The number of benzene rings is 1. The van der Waals surface area contributed by atoms with Crippen LogP contribution in [0, 0.1) is 0 Å². The highest BCUT2D eigenvalue weighted by atomic mass is 127. The average Bonchev–Trinajstić information content (AvgIpc) is 3.08. The molecule has 1 atom stereocenters.